The summed E-state index contributed by atoms with van der Waals surface area (Å²) in [6.45, 7) is 5.96. The van der Waals surface area contributed by atoms with E-state index >= 15 is 0 Å². The summed E-state index contributed by atoms with van der Waals surface area (Å²) in [7, 11) is 0. The van der Waals surface area contributed by atoms with Crippen LogP contribution in [0.5, 0.6) is 0 Å². The summed E-state index contributed by atoms with van der Waals surface area (Å²) in [6, 6.07) is 15.4. The summed E-state index contributed by atoms with van der Waals surface area (Å²) in [4.78, 5) is 22.0. The fourth-order valence-corrected chi connectivity index (χ4v) is 3.02. The quantitative estimate of drug-likeness (QED) is 0.407. The van der Waals surface area contributed by atoms with Crippen LogP contribution in [0.25, 0.3) is 22.2 Å². The fraction of sp³-hybridized carbons (Fsp3) is 0.0909. The number of aromatic nitrogens is 3. The van der Waals surface area contributed by atoms with E-state index in [0.717, 1.165) is 11.1 Å². The molecular weight excluding hydrogens is 364 g/mol. The van der Waals surface area contributed by atoms with Gasteiger partial charge in [-0.2, -0.15) is 9.78 Å². The average molecular weight is 384 g/mol. The second-order valence-electron chi connectivity index (χ2n) is 6.61. The molecule has 7 nitrogen and oxygen atoms in total. The van der Waals surface area contributed by atoms with Gasteiger partial charge in [0.05, 0.1) is 17.2 Å². The van der Waals surface area contributed by atoms with Crippen molar-refractivity contribution in [3.8, 4) is 0 Å². The summed E-state index contributed by atoms with van der Waals surface area (Å²) in [5.41, 5.74) is 10.8. The Bertz CT molecular complexity index is 1250. The Hall–Kier alpha value is -4.00. The molecule has 0 aliphatic carbocycles. The van der Waals surface area contributed by atoms with Gasteiger partial charge in [-0.1, -0.05) is 48.0 Å². The van der Waals surface area contributed by atoms with Crippen molar-refractivity contribution in [1.82, 2.24) is 20.0 Å². The number of nitrogens with two attached hydrogens (primary N) is 1. The molecule has 2 aromatic heterocycles. The molecule has 3 N–H and O–H groups in total. The SMILES string of the molecule is C=CCNC(=O)c1c(N)n(N=Cc2ccc(C)cc2)c2nc3ccccc3nc12. The van der Waals surface area contributed by atoms with Gasteiger partial charge in [-0.15, -0.1) is 6.58 Å². The number of carbonyl (C=O) groups is 1. The minimum atomic E-state index is -0.346. The number of fused-ring (bicyclic) bond motifs is 2. The van der Waals surface area contributed by atoms with E-state index in [0.29, 0.717) is 28.7 Å². The molecule has 0 aliphatic heterocycles. The van der Waals surface area contributed by atoms with Crippen LogP contribution in [0.1, 0.15) is 21.5 Å². The Balaban J connectivity index is 1.91. The van der Waals surface area contributed by atoms with Gasteiger partial charge in [0.1, 0.15) is 16.9 Å². The monoisotopic (exact) mass is 384 g/mol. The number of para-hydroxylation sites is 2. The minimum absolute atomic E-state index is 0.181. The summed E-state index contributed by atoms with van der Waals surface area (Å²) in [6.07, 6.45) is 3.28. The first-order valence-electron chi connectivity index (χ1n) is 9.15. The van der Waals surface area contributed by atoms with Crippen molar-refractivity contribution in [2.75, 3.05) is 12.3 Å². The van der Waals surface area contributed by atoms with Crippen molar-refractivity contribution in [2.24, 2.45) is 5.10 Å². The van der Waals surface area contributed by atoms with Crippen molar-refractivity contribution in [1.29, 1.82) is 0 Å². The highest BCUT2D eigenvalue weighted by atomic mass is 16.1. The Morgan fingerprint density at radius 3 is 2.55 bits per heavy atom. The number of anilines is 1. The lowest BCUT2D eigenvalue weighted by molar-refractivity contribution is 0.0960. The minimum Gasteiger partial charge on any atom is -0.383 e. The second-order valence-corrected chi connectivity index (χ2v) is 6.61. The normalized spacial score (nSPS) is 11.3. The number of hydrogen-bond acceptors (Lipinski definition) is 5. The van der Waals surface area contributed by atoms with E-state index in [4.69, 9.17) is 5.73 Å². The summed E-state index contributed by atoms with van der Waals surface area (Å²) < 4.78 is 1.46. The van der Waals surface area contributed by atoms with Gasteiger partial charge in [0.25, 0.3) is 5.91 Å². The maximum absolute atomic E-state index is 12.7. The second kappa shape index (κ2) is 7.55. The predicted molar refractivity (Wildman–Crippen MR) is 116 cm³/mol. The van der Waals surface area contributed by atoms with Crippen LogP contribution in [0.15, 0.2) is 66.3 Å². The van der Waals surface area contributed by atoms with Crippen LogP contribution in [0.2, 0.25) is 0 Å². The van der Waals surface area contributed by atoms with Crippen molar-refractivity contribution in [3.63, 3.8) is 0 Å². The molecule has 1 amide bonds. The Labute approximate surface area is 167 Å². The van der Waals surface area contributed by atoms with Crippen LogP contribution >= 0.6 is 0 Å². The van der Waals surface area contributed by atoms with Crippen LogP contribution in [0.4, 0.5) is 5.82 Å². The van der Waals surface area contributed by atoms with Crippen LogP contribution in [-0.4, -0.2) is 33.3 Å². The molecule has 0 unspecified atom stereocenters. The highest BCUT2D eigenvalue weighted by molar-refractivity contribution is 6.10. The first-order valence-corrected chi connectivity index (χ1v) is 9.15. The van der Waals surface area contributed by atoms with E-state index in [2.05, 4.69) is 27.0 Å². The molecule has 7 heteroatoms. The molecule has 0 fully saturated rings. The van der Waals surface area contributed by atoms with E-state index in [1.165, 1.54) is 4.68 Å². The Morgan fingerprint density at radius 2 is 1.86 bits per heavy atom. The molecular formula is C22H20N6O. The van der Waals surface area contributed by atoms with E-state index < -0.39 is 0 Å². The fourth-order valence-electron chi connectivity index (χ4n) is 3.02. The first kappa shape index (κ1) is 18.4. The number of carbonyl (C=O) groups excluding carboxylic acids is 1. The number of nitrogens with one attached hydrogen (secondary N) is 1. The van der Waals surface area contributed by atoms with Gasteiger partial charge >= 0.3 is 0 Å². The lowest BCUT2D eigenvalue weighted by Gasteiger charge is -2.02. The van der Waals surface area contributed by atoms with Crippen LogP contribution in [0.3, 0.4) is 0 Å². The number of aryl methyl sites for hydroxylation is 1. The number of nitrogen functional groups attached to an aromatic ring is 1. The molecule has 4 aromatic rings. The molecule has 2 aromatic carbocycles. The number of nitrogens with zero attached hydrogens (tertiary/aromatic N) is 4. The third-order valence-corrected chi connectivity index (χ3v) is 4.51. The van der Waals surface area contributed by atoms with Crippen molar-refractivity contribution >= 4 is 40.1 Å². The van der Waals surface area contributed by atoms with Gasteiger partial charge in [0.2, 0.25) is 0 Å². The highest BCUT2D eigenvalue weighted by Crippen LogP contribution is 2.27. The average Bonchev–Trinajstić information content (AvgIpc) is 3.00. The Kier molecular flexibility index (Phi) is 4.78. The zero-order valence-electron chi connectivity index (χ0n) is 16.0. The summed E-state index contributed by atoms with van der Waals surface area (Å²) in [5, 5.41) is 7.24. The zero-order valence-corrected chi connectivity index (χ0v) is 16.0. The number of rotatable bonds is 5. The summed E-state index contributed by atoms with van der Waals surface area (Å²) >= 11 is 0. The van der Waals surface area contributed by atoms with Gasteiger partial charge in [0.15, 0.2) is 5.65 Å². The standard InChI is InChI=1S/C22H20N6O/c1-3-12-24-22(29)18-19-21(27-17-7-5-4-6-16(17)26-19)28(20(18)23)25-13-15-10-8-14(2)9-11-15/h3-11,13H,1,12,23H2,2H3,(H,24,29). The molecule has 0 spiro atoms. The van der Waals surface area contributed by atoms with Crippen LogP contribution in [0, 0.1) is 6.92 Å². The molecule has 29 heavy (non-hydrogen) atoms. The molecule has 0 saturated carbocycles. The van der Waals surface area contributed by atoms with Crippen LogP contribution < -0.4 is 11.1 Å². The molecule has 0 atom stereocenters. The molecule has 0 saturated heterocycles. The van der Waals surface area contributed by atoms with Gasteiger partial charge in [-0.3, -0.25) is 4.79 Å². The van der Waals surface area contributed by atoms with E-state index in [1.807, 2.05) is 55.5 Å². The highest BCUT2D eigenvalue weighted by Gasteiger charge is 2.23. The molecule has 0 bridgehead atoms. The third-order valence-electron chi connectivity index (χ3n) is 4.51. The number of hydrogen-bond donors (Lipinski definition) is 2. The smallest absolute Gasteiger partial charge is 0.257 e. The van der Waals surface area contributed by atoms with Gasteiger partial charge in [-0.05, 0) is 24.6 Å². The van der Waals surface area contributed by atoms with Crippen molar-refractivity contribution in [3.05, 3.63) is 77.9 Å². The number of benzene rings is 2. The van der Waals surface area contributed by atoms with E-state index in [-0.39, 0.29) is 17.3 Å². The molecule has 0 radical (unpaired) electrons. The Morgan fingerprint density at radius 1 is 1.17 bits per heavy atom. The van der Waals surface area contributed by atoms with Crippen molar-refractivity contribution in [2.45, 2.75) is 6.92 Å². The number of amides is 1. The van der Waals surface area contributed by atoms with Crippen molar-refractivity contribution < 1.29 is 4.79 Å². The summed E-state index contributed by atoms with van der Waals surface area (Å²) in [5.74, 6) is -0.165. The van der Waals surface area contributed by atoms with Gasteiger partial charge in [0, 0.05) is 6.54 Å². The molecule has 2 heterocycles. The van der Waals surface area contributed by atoms with Gasteiger partial charge < -0.3 is 11.1 Å². The topological polar surface area (TPSA) is 98.2 Å². The third kappa shape index (κ3) is 3.45. The maximum Gasteiger partial charge on any atom is 0.257 e. The van der Waals surface area contributed by atoms with Gasteiger partial charge in [-0.25, -0.2) is 9.97 Å². The lowest BCUT2D eigenvalue weighted by atomic mass is 10.2. The zero-order chi connectivity index (χ0) is 20.4. The van der Waals surface area contributed by atoms with E-state index in [1.54, 1.807) is 12.3 Å². The predicted octanol–water partition coefficient (Wildman–Crippen LogP) is 3.27. The van der Waals surface area contributed by atoms with Crippen LogP contribution in [-0.2, 0) is 0 Å². The molecule has 144 valence electrons. The molecule has 4 rings (SSSR count). The largest absolute Gasteiger partial charge is 0.383 e. The maximum atomic E-state index is 12.7. The van der Waals surface area contributed by atoms with E-state index in [9.17, 15) is 4.79 Å². The first-order chi connectivity index (χ1) is 14.1. The molecule has 0 aliphatic rings. The lowest BCUT2D eigenvalue weighted by Crippen LogP contribution is -2.24.